The van der Waals surface area contributed by atoms with Gasteiger partial charge in [-0.1, -0.05) is 5.16 Å². The highest BCUT2D eigenvalue weighted by Gasteiger charge is 2.47. The van der Waals surface area contributed by atoms with Gasteiger partial charge in [0, 0.05) is 11.8 Å². The molecule has 3 heterocycles. The van der Waals surface area contributed by atoms with Gasteiger partial charge in [0.1, 0.15) is 18.3 Å². The van der Waals surface area contributed by atoms with E-state index in [-0.39, 0.29) is 29.6 Å². The van der Waals surface area contributed by atoms with Crippen LogP contribution in [0.15, 0.2) is 10.5 Å². The summed E-state index contributed by atoms with van der Waals surface area (Å²) in [7, 11) is 0. The van der Waals surface area contributed by atoms with Crippen molar-refractivity contribution in [2.45, 2.75) is 31.5 Å². The number of hydroxylamine groups is 4. The Hall–Kier alpha value is -3.47. The first-order chi connectivity index (χ1) is 15.6. The molecule has 0 aliphatic carbocycles. The predicted octanol–water partition coefficient (Wildman–Crippen LogP) is -2.22. The second-order valence-corrected chi connectivity index (χ2v) is 8.02. The molecule has 2 aliphatic heterocycles. The Labute approximate surface area is 189 Å². The average molecular weight is 484 g/mol. The summed E-state index contributed by atoms with van der Waals surface area (Å²) in [5.41, 5.74) is 5.35. The number of hydrogen-bond donors (Lipinski definition) is 4. The van der Waals surface area contributed by atoms with Crippen LogP contribution in [0.4, 0.5) is 5.13 Å². The number of anilines is 1. The van der Waals surface area contributed by atoms with E-state index in [9.17, 15) is 29.2 Å². The summed E-state index contributed by atoms with van der Waals surface area (Å²) < 4.78 is 0. The quantitative estimate of drug-likeness (QED) is 0.127. The fraction of sp³-hybridized carbons (Fsp3) is 0.471. The summed E-state index contributed by atoms with van der Waals surface area (Å²) in [5, 5.41) is 27.7. The second-order valence-electron chi connectivity index (χ2n) is 7.13. The molecule has 5 N–H and O–H groups in total. The highest BCUT2D eigenvalue weighted by Crippen LogP contribution is 2.21. The number of β-lactam (4-membered cyclic amide) rings is 1. The molecule has 178 valence electrons. The highest BCUT2D eigenvalue weighted by atomic mass is 32.1. The standard InChI is InChI=1S/C17H20N6O9S/c1-7-13(16(29)23(7)32-5-12(26)27)20-15(28)14(9-6-33-17(18)19-9)21-31-4-8-2-10(24)11(25)3-22(8)30/h6-8,13,30H,2-5H2,1H3,(H2,18,19)(H,20,28)(H,26,27)/t7-,8?,13-/m0/s1. The van der Waals surface area contributed by atoms with Gasteiger partial charge in [-0.05, 0) is 6.92 Å². The molecule has 0 spiro atoms. The number of Topliss-reactive ketones (excluding diaryl/α,β-unsaturated/α-hetero) is 2. The number of carbonyl (C=O) groups excluding carboxylic acids is 4. The number of thiazole rings is 1. The number of aromatic nitrogens is 1. The van der Waals surface area contributed by atoms with Crippen LogP contribution in [0, 0.1) is 0 Å². The zero-order valence-electron chi connectivity index (χ0n) is 17.2. The molecule has 1 unspecified atom stereocenters. The first-order valence-electron chi connectivity index (χ1n) is 9.50. The molecular weight excluding hydrogens is 464 g/mol. The fourth-order valence-electron chi connectivity index (χ4n) is 3.03. The molecule has 1 aromatic heterocycles. The molecule has 2 fully saturated rings. The van der Waals surface area contributed by atoms with Crippen LogP contribution < -0.4 is 11.1 Å². The number of nitrogens with zero attached hydrogens (tertiary/aromatic N) is 4. The summed E-state index contributed by atoms with van der Waals surface area (Å²) in [5.74, 6) is -4.14. The lowest BCUT2D eigenvalue weighted by molar-refractivity contribution is -0.233. The maximum atomic E-state index is 12.8. The van der Waals surface area contributed by atoms with Crippen LogP contribution in [0.25, 0.3) is 0 Å². The van der Waals surface area contributed by atoms with Gasteiger partial charge in [-0.3, -0.25) is 24.0 Å². The smallest absolute Gasteiger partial charge is 0.332 e. The molecular formula is C17H20N6O9S. The molecule has 15 nitrogen and oxygen atoms in total. The number of carbonyl (C=O) groups is 5. The summed E-state index contributed by atoms with van der Waals surface area (Å²) in [6.07, 6.45) is -0.281. The third-order valence-corrected chi connectivity index (χ3v) is 5.48. The minimum Gasteiger partial charge on any atom is -0.479 e. The van der Waals surface area contributed by atoms with Gasteiger partial charge in [-0.25, -0.2) is 14.8 Å². The summed E-state index contributed by atoms with van der Waals surface area (Å²) >= 11 is 1.03. The lowest BCUT2D eigenvalue weighted by Gasteiger charge is -2.43. The SMILES string of the molecule is C[C@H]1[C@H](NC(=O)C(=NOCC2CC(=O)C(=O)CN2O)c2csc(N)n2)C(=O)N1OCC(=O)O. The van der Waals surface area contributed by atoms with E-state index in [1.54, 1.807) is 6.92 Å². The number of hydrogen-bond acceptors (Lipinski definition) is 13. The van der Waals surface area contributed by atoms with Crippen molar-refractivity contribution in [3.63, 3.8) is 0 Å². The van der Waals surface area contributed by atoms with Crippen molar-refractivity contribution in [1.29, 1.82) is 0 Å². The zero-order chi connectivity index (χ0) is 24.3. The molecule has 16 heteroatoms. The molecule has 3 rings (SSSR count). The largest absolute Gasteiger partial charge is 0.479 e. The van der Waals surface area contributed by atoms with Crippen molar-refractivity contribution < 1.29 is 44.0 Å². The van der Waals surface area contributed by atoms with Crippen LogP contribution in [0.5, 0.6) is 0 Å². The van der Waals surface area contributed by atoms with Crippen LogP contribution in [-0.2, 0) is 33.6 Å². The highest BCUT2D eigenvalue weighted by molar-refractivity contribution is 7.13. The minimum atomic E-state index is -1.26. The van der Waals surface area contributed by atoms with Gasteiger partial charge in [-0.15, -0.1) is 11.3 Å². The van der Waals surface area contributed by atoms with Crippen molar-refractivity contribution in [2.24, 2.45) is 5.16 Å². The van der Waals surface area contributed by atoms with Gasteiger partial charge in [0.05, 0.1) is 18.6 Å². The van der Waals surface area contributed by atoms with E-state index >= 15 is 0 Å². The Morgan fingerprint density at radius 2 is 2.09 bits per heavy atom. The number of aliphatic carboxylic acids is 1. The van der Waals surface area contributed by atoms with E-state index in [0.717, 1.165) is 16.4 Å². The number of rotatable bonds is 9. The van der Waals surface area contributed by atoms with Crippen LogP contribution >= 0.6 is 11.3 Å². The maximum Gasteiger partial charge on any atom is 0.332 e. The van der Waals surface area contributed by atoms with E-state index in [1.807, 2.05) is 0 Å². The predicted molar refractivity (Wildman–Crippen MR) is 108 cm³/mol. The third-order valence-electron chi connectivity index (χ3n) is 4.81. The van der Waals surface area contributed by atoms with Crippen LogP contribution in [0.1, 0.15) is 19.0 Å². The van der Waals surface area contributed by atoms with Crippen molar-refractivity contribution >= 4 is 51.5 Å². The number of nitrogens with one attached hydrogen (secondary N) is 1. The number of nitrogen functional groups attached to an aromatic ring is 1. The molecule has 0 bridgehead atoms. The average Bonchev–Trinajstić information content (AvgIpc) is 3.18. The number of nitrogens with two attached hydrogens (primary N) is 1. The molecule has 2 saturated heterocycles. The minimum absolute atomic E-state index is 0.0594. The van der Waals surface area contributed by atoms with Crippen LogP contribution in [0.2, 0.25) is 0 Å². The van der Waals surface area contributed by atoms with E-state index in [0.29, 0.717) is 5.06 Å². The normalized spacial score (nSPS) is 23.9. The molecule has 1 aromatic rings. The molecule has 3 atom stereocenters. The number of oxime groups is 1. The second kappa shape index (κ2) is 9.99. The molecule has 2 amide bonds. The van der Waals surface area contributed by atoms with Crippen molar-refractivity contribution in [3.8, 4) is 0 Å². The molecule has 0 radical (unpaired) electrons. The van der Waals surface area contributed by atoms with Gasteiger partial charge in [-0.2, -0.15) is 5.06 Å². The van der Waals surface area contributed by atoms with E-state index in [2.05, 4.69) is 15.5 Å². The molecule has 33 heavy (non-hydrogen) atoms. The van der Waals surface area contributed by atoms with Crippen LogP contribution in [0.3, 0.4) is 0 Å². The number of piperidine rings is 1. The first kappa shape index (κ1) is 24.2. The van der Waals surface area contributed by atoms with E-state index < -0.39 is 60.6 Å². The Morgan fingerprint density at radius 1 is 1.36 bits per heavy atom. The Kier molecular flexibility index (Phi) is 7.32. The van der Waals surface area contributed by atoms with Gasteiger partial charge in [0.2, 0.25) is 11.6 Å². The molecule has 0 saturated carbocycles. The van der Waals surface area contributed by atoms with Gasteiger partial charge >= 0.3 is 5.97 Å². The van der Waals surface area contributed by atoms with Crippen molar-refractivity contribution in [2.75, 3.05) is 25.5 Å². The van der Waals surface area contributed by atoms with Gasteiger partial charge in [0.15, 0.2) is 17.5 Å². The van der Waals surface area contributed by atoms with Crippen molar-refractivity contribution in [3.05, 3.63) is 11.1 Å². The summed E-state index contributed by atoms with van der Waals surface area (Å²) in [6.45, 7) is 0.0300. The topological polar surface area (TPSA) is 214 Å². The number of carboxylic acids is 1. The summed E-state index contributed by atoms with van der Waals surface area (Å²) in [6, 6.07) is -2.52. The van der Waals surface area contributed by atoms with Gasteiger partial charge < -0.3 is 26.2 Å². The monoisotopic (exact) mass is 484 g/mol. The summed E-state index contributed by atoms with van der Waals surface area (Å²) in [4.78, 5) is 72.5. The Bertz CT molecular complexity index is 1010. The van der Waals surface area contributed by atoms with E-state index in [1.165, 1.54) is 5.38 Å². The Morgan fingerprint density at radius 3 is 2.70 bits per heavy atom. The number of amides is 2. The number of carboxylic acid groups (broad SMARTS) is 1. The molecule has 2 aliphatic rings. The first-order valence-corrected chi connectivity index (χ1v) is 10.4. The number of ketones is 2. The van der Waals surface area contributed by atoms with Crippen molar-refractivity contribution in [1.82, 2.24) is 20.4 Å². The maximum absolute atomic E-state index is 12.8. The van der Waals surface area contributed by atoms with E-state index in [4.69, 9.17) is 20.5 Å². The lowest BCUT2D eigenvalue weighted by Crippen LogP contribution is -2.70. The van der Waals surface area contributed by atoms with Gasteiger partial charge in [0.25, 0.3) is 11.8 Å². The lowest BCUT2D eigenvalue weighted by atomic mass is 10.00. The van der Waals surface area contributed by atoms with Crippen LogP contribution in [-0.4, -0.2) is 98.4 Å². The zero-order valence-corrected chi connectivity index (χ0v) is 18.0. The third kappa shape index (κ3) is 5.48. The molecule has 0 aromatic carbocycles. The fourth-order valence-corrected chi connectivity index (χ4v) is 3.57. The Balaban J connectivity index is 1.66.